The van der Waals surface area contributed by atoms with E-state index in [1.165, 1.54) is 0 Å². The van der Waals surface area contributed by atoms with Crippen LogP contribution < -0.4 is 5.32 Å². The first-order chi connectivity index (χ1) is 9.24. The number of methoxy groups -OCH3 is 1. The van der Waals surface area contributed by atoms with Crippen molar-refractivity contribution in [1.82, 2.24) is 0 Å². The minimum absolute atomic E-state index is 0.601. The molecule has 0 unspecified atom stereocenters. The van der Waals surface area contributed by atoms with Gasteiger partial charge in [-0.25, -0.2) is 0 Å². The van der Waals surface area contributed by atoms with Gasteiger partial charge in [0.05, 0.1) is 33.0 Å². The first-order valence-electron chi connectivity index (χ1n) is 6.07. The maximum absolute atomic E-state index is 5.45. The Morgan fingerprint density at radius 1 is 1.00 bits per heavy atom. The van der Waals surface area contributed by atoms with Gasteiger partial charge in [0.2, 0.25) is 0 Å². The summed E-state index contributed by atoms with van der Waals surface area (Å²) in [5.41, 5.74) is 1.05. The van der Waals surface area contributed by atoms with E-state index in [4.69, 9.17) is 14.2 Å². The van der Waals surface area contributed by atoms with Crippen LogP contribution in [0.2, 0.25) is 0 Å². The van der Waals surface area contributed by atoms with E-state index < -0.39 is 0 Å². The van der Waals surface area contributed by atoms with Gasteiger partial charge in [0.25, 0.3) is 0 Å². The van der Waals surface area contributed by atoms with Crippen molar-refractivity contribution in [3.05, 3.63) is 27.1 Å². The Balaban J connectivity index is 2.03. The molecule has 1 aromatic rings. The van der Waals surface area contributed by atoms with E-state index in [9.17, 15) is 0 Å². The van der Waals surface area contributed by atoms with Crippen molar-refractivity contribution in [2.24, 2.45) is 0 Å². The number of nitrogens with one attached hydrogen (secondary N) is 1. The third-order valence-electron chi connectivity index (χ3n) is 2.29. The molecule has 0 aliphatic rings. The Morgan fingerprint density at radius 3 is 2.42 bits per heavy atom. The lowest BCUT2D eigenvalue weighted by Crippen LogP contribution is -2.13. The molecule has 0 aliphatic heterocycles. The molecule has 0 amide bonds. The van der Waals surface area contributed by atoms with Crippen LogP contribution >= 0.6 is 31.9 Å². The minimum atomic E-state index is 0.601. The molecule has 1 aromatic carbocycles. The van der Waals surface area contributed by atoms with E-state index >= 15 is 0 Å². The third-order valence-corrected chi connectivity index (χ3v) is 3.48. The number of anilines is 1. The highest BCUT2D eigenvalue weighted by Crippen LogP contribution is 2.25. The van der Waals surface area contributed by atoms with E-state index in [-0.39, 0.29) is 0 Å². The summed E-state index contributed by atoms with van der Waals surface area (Å²) in [6.07, 6.45) is 0. The molecule has 0 radical (unpaired) electrons. The maximum atomic E-state index is 5.45. The van der Waals surface area contributed by atoms with E-state index in [1.807, 2.05) is 18.2 Å². The predicted octanol–water partition coefficient (Wildman–Crippen LogP) is 3.30. The van der Waals surface area contributed by atoms with Crippen LogP contribution in [0.5, 0.6) is 0 Å². The Morgan fingerprint density at radius 2 is 1.68 bits per heavy atom. The van der Waals surface area contributed by atoms with Crippen LogP contribution in [0.4, 0.5) is 5.69 Å². The third kappa shape index (κ3) is 7.89. The number of hydrogen-bond donors (Lipinski definition) is 1. The molecule has 0 aliphatic carbocycles. The second-order valence-electron chi connectivity index (χ2n) is 3.77. The van der Waals surface area contributed by atoms with E-state index in [0.29, 0.717) is 33.0 Å². The van der Waals surface area contributed by atoms with E-state index in [2.05, 4.69) is 37.2 Å². The first-order valence-corrected chi connectivity index (χ1v) is 7.66. The van der Waals surface area contributed by atoms with Gasteiger partial charge in [-0.15, -0.1) is 0 Å². The molecule has 0 saturated heterocycles. The monoisotopic (exact) mass is 395 g/mol. The van der Waals surface area contributed by atoms with Crippen molar-refractivity contribution in [3.63, 3.8) is 0 Å². The molecule has 4 nitrogen and oxygen atoms in total. The summed E-state index contributed by atoms with van der Waals surface area (Å²) in [5.74, 6) is 0. The second-order valence-corrected chi connectivity index (χ2v) is 5.54. The number of rotatable bonds is 10. The number of halogens is 2. The van der Waals surface area contributed by atoms with Crippen molar-refractivity contribution >= 4 is 37.5 Å². The summed E-state index contributed by atoms with van der Waals surface area (Å²) in [6.45, 7) is 3.84. The van der Waals surface area contributed by atoms with Gasteiger partial charge in [-0.2, -0.15) is 0 Å². The molecule has 0 spiro atoms. The van der Waals surface area contributed by atoms with Crippen LogP contribution in [0.25, 0.3) is 0 Å². The molecule has 1 N–H and O–H groups in total. The zero-order chi connectivity index (χ0) is 13.9. The van der Waals surface area contributed by atoms with Crippen molar-refractivity contribution < 1.29 is 14.2 Å². The van der Waals surface area contributed by atoms with Crippen LogP contribution in [0.15, 0.2) is 27.1 Å². The predicted molar refractivity (Wildman–Crippen MR) is 83.8 cm³/mol. The number of ether oxygens (including phenoxy) is 3. The van der Waals surface area contributed by atoms with Crippen LogP contribution in [0, 0.1) is 0 Å². The van der Waals surface area contributed by atoms with E-state index in [0.717, 1.165) is 21.2 Å². The fourth-order valence-electron chi connectivity index (χ4n) is 1.36. The zero-order valence-electron chi connectivity index (χ0n) is 11.0. The highest BCUT2D eigenvalue weighted by atomic mass is 79.9. The lowest BCUT2D eigenvalue weighted by molar-refractivity contribution is 0.0272. The quantitative estimate of drug-likeness (QED) is 0.616. The van der Waals surface area contributed by atoms with Gasteiger partial charge in [0, 0.05) is 28.3 Å². The lowest BCUT2D eigenvalue weighted by Gasteiger charge is -2.10. The molecule has 0 saturated carbocycles. The average Bonchev–Trinajstić information content (AvgIpc) is 2.40. The van der Waals surface area contributed by atoms with Gasteiger partial charge in [-0.1, -0.05) is 15.9 Å². The molecule has 0 fully saturated rings. The Bertz CT molecular complexity index is 364. The molecular formula is C13H19Br2NO3. The summed E-state index contributed by atoms with van der Waals surface area (Å²) < 4.78 is 17.7. The van der Waals surface area contributed by atoms with Crippen LogP contribution in [-0.4, -0.2) is 46.7 Å². The number of hydrogen-bond acceptors (Lipinski definition) is 4. The summed E-state index contributed by atoms with van der Waals surface area (Å²) in [5, 5.41) is 3.30. The van der Waals surface area contributed by atoms with Gasteiger partial charge < -0.3 is 19.5 Å². The molecule has 19 heavy (non-hydrogen) atoms. The fraction of sp³-hybridized carbons (Fsp3) is 0.538. The summed E-state index contributed by atoms with van der Waals surface area (Å²) in [4.78, 5) is 0. The largest absolute Gasteiger partial charge is 0.382 e. The fourth-order valence-corrected chi connectivity index (χ4v) is 2.10. The van der Waals surface area contributed by atoms with E-state index in [1.54, 1.807) is 7.11 Å². The Labute approximate surface area is 131 Å². The summed E-state index contributed by atoms with van der Waals surface area (Å²) >= 11 is 6.93. The smallest absolute Gasteiger partial charge is 0.0701 e. The first kappa shape index (κ1) is 16.9. The zero-order valence-corrected chi connectivity index (χ0v) is 14.1. The topological polar surface area (TPSA) is 39.7 Å². The van der Waals surface area contributed by atoms with Crippen molar-refractivity contribution in [2.45, 2.75) is 0 Å². The van der Waals surface area contributed by atoms with Gasteiger partial charge in [-0.05, 0) is 34.1 Å². The molecule has 0 heterocycles. The van der Waals surface area contributed by atoms with Crippen molar-refractivity contribution in [2.75, 3.05) is 52.0 Å². The van der Waals surface area contributed by atoms with Crippen LogP contribution in [0.1, 0.15) is 0 Å². The van der Waals surface area contributed by atoms with Crippen molar-refractivity contribution in [1.29, 1.82) is 0 Å². The summed E-state index contributed by atoms with van der Waals surface area (Å²) in [6, 6.07) is 6.01. The minimum Gasteiger partial charge on any atom is -0.382 e. The van der Waals surface area contributed by atoms with Crippen molar-refractivity contribution in [3.8, 4) is 0 Å². The van der Waals surface area contributed by atoms with Gasteiger partial charge in [0.1, 0.15) is 0 Å². The lowest BCUT2D eigenvalue weighted by atomic mass is 10.3. The van der Waals surface area contributed by atoms with Crippen LogP contribution in [-0.2, 0) is 14.2 Å². The van der Waals surface area contributed by atoms with Crippen LogP contribution in [0.3, 0.4) is 0 Å². The van der Waals surface area contributed by atoms with Gasteiger partial charge in [-0.3, -0.25) is 0 Å². The van der Waals surface area contributed by atoms with Gasteiger partial charge >= 0.3 is 0 Å². The van der Waals surface area contributed by atoms with Gasteiger partial charge in [0.15, 0.2) is 0 Å². The molecule has 0 bridgehead atoms. The molecule has 1 rings (SSSR count). The molecule has 108 valence electrons. The Kier molecular flexibility index (Phi) is 9.46. The summed E-state index contributed by atoms with van der Waals surface area (Å²) in [7, 11) is 1.66. The molecule has 6 heteroatoms. The molecular weight excluding hydrogens is 378 g/mol. The second kappa shape index (κ2) is 10.6. The highest BCUT2D eigenvalue weighted by Gasteiger charge is 1.99. The normalized spacial score (nSPS) is 10.7. The molecule has 0 aromatic heterocycles. The average molecular weight is 397 g/mol. The maximum Gasteiger partial charge on any atom is 0.0701 e. The highest BCUT2D eigenvalue weighted by molar-refractivity contribution is 9.11. The molecule has 0 atom stereocenters. The standard InChI is InChI=1S/C13H19Br2NO3/c1-17-6-7-19-9-8-18-5-4-16-13-10-11(14)2-3-12(13)15/h2-3,10,16H,4-9H2,1H3. The number of benzene rings is 1. The Hall–Kier alpha value is -0.140. The SMILES string of the molecule is COCCOCCOCCNc1cc(Br)ccc1Br.